The highest BCUT2D eigenvalue weighted by molar-refractivity contribution is 5.69. The third-order valence-corrected chi connectivity index (χ3v) is 1.42. The lowest BCUT2D eigenvalue weighted by Crippen LogP contribution is -1.87. The van der Waals surface area contributed by atoms with E-state index in [-0.39, 0.29) is 5.82 Å². The van der Waals surface area contributed by atoms with Crippen LogP contribution >= 0.6 is 0 Å². The van der Waals surface area contributed by atoms with Crippen molar-refractivity contribution in [1.29, 1.82) is 0 Å². The van der Waals surface area contributed by atoms with E-state index in [1.807, 2.05) is 0 Å². The molecule has 2 rings (SSSR count). The molecule has 4 nitrogen and oxygen atoms in total. The number of aromatic nitrogens is 3. The van der Waals surface area contributed by atoms with E-state index < -0.39 is 5.82 Å². The fraction of sp³-hybridized carbons (Fsp3) is 0. The SMILES string of the molecule is O=Cc1nc2cc(F)ccn2n1. The molecule has 0 radical (unpaired) electrons. The van der Waals surface area contributed by atoms with Crippen LogP contribution in [0.5, 0.6) is 0 Å². The van der Waals surface area contributed by atoms with Crippen LogP contribution in [0.2, 0.25) is 0 Å². The Morgan fingerprint density at radius 1 is 1.58 bits per heavy atom. The quantitative estimate of drug-likeness (QED) is 0.584. The number of carbonyl (C=O) groups excluding carboxylic acids is 1. The van der Waals surface area contributed by atoms with E-state index in [4.69, 9.17) is 0 Å². The lowest BCUT2D eigenvalue weighted by atomic mass is 10.5. The Morgan fingerprint density at radius 2 is 2.42 bits per heavy atom. The van der Waals surface area contributed by atoms with Crippen molar-refractivity contribution in [3.63, 3.8) is 0 Å². The minimum atomic E-state index is -0.396. The zero-order chi connectivity index (χ0) is 8.55. The molecule has 0 N–H and O–H groups in total. The summed E-state index contributed by atoms with van der Waals surface area (Å²) in [6.45, 7) is 0. The largest absolute Gasteiger partial charge is 0.294 e. The van der Waals surface area contributed by atoms with Crippen LogP contribution in [-0.2, 0) is 0 Å². The maximum absolute atomic E-state index is 12.6. The van der Waals surface area contributed by atoms with Crippen molar-refractivity contribution in [3.05, 3.63) is 30.0 Å². The summed E-state index contributed by atoms with van der Waals surface area (Å²) < 4.78 is 13.9. The number of pyridine rings is 1. The summed E-state index contributed by atoms with van der Waals surface area (Å²) in [4.78, 5) is 14.0. The molecule has 2 aromatic heterocycles. The van der Waals surface area contributed by atoms with Crippen LogP contribution < -0.4 is 0 Å². The van der Waals surface area contributed by atoms with Crippen molar-refractivity contribution in [2.45, 2.75) is 0 Å². The van der Waals surface area contributed by atoms with Gasteiger partial charge in [-0.05, 0) is 6.07 Å². The molecule has 0 saturated heterocycles. The van der Waals surface area contributed by atoms with Gasteiger partial charge in [0.25, 0.3) is 0 Å². The normalized spacial score (nSPS) is 10.4. The van der Waals surface area contributed by atoms with Crippen molar-refractivity contribution in [2.24, 2.45) is 0 Å². The Balaban J connectivity index is 2.75. The van der Waals surface area contributed by atoms with Crippen molar-refractivity contribution in [2.75, 3.05) is 0 Å². The molecule has 0 saturated carbocycles. The average Bonchev–Trinajstić information content (AvgIpc) is 2.46. The molecule has 0 bridgehead atoms. The first-order valence-corrected chi connectivity index (χ1v) is 3.27. The highest BCUT2D eigenvalue weighted by atomic mass is 19.1. The number of nitrogens with zero attached hydrogens (tertiary/aromatic N) is 3. The molecule has 0 unspecified atom stereocenters. The molecule has 60 valence electrons. The fourth-order valence-corrected chi connectivity index (χ4v) is 0.924. The van der Waals surface area contributed by atoms with Gasteiger partial charge in [0, 0.05) is 12.3 Å². The van der Waals surface area contributed by atoms with Gasteiger partial charge in [0.05, 0.1) is 0 Å². The molecule has 2 aromatic rings. The Labute approximate surface area is 66.6 Å². The summed E-state index contributed by atoms with van der Waals surface area (Å²) in [6, 6.07) is 2.45. The van der Waals surface area contributed by atoms with Crippen molar-refractivity contribution < 1.29 is 9.18 Å². The first-order chi connectivity index (χ1) is 5.79. The fourth-order valence-electron chi connectivity index (χ4n) is 0.924. The van der Waals surface area contributed by atoms with Crippen LogP contribution in [0, 0.1) is 5.82 Å². The Bertz CT molecular complexity index is 437. The third-order valence-electron chi connectivity index (χ3n) is 1.42. The van der Waals surface area contributed by atoms with E-state index in [1.54, 1.807) is 0 Å². The summed E-state index contributed by atoms with van der Waals surface area (Å²) in [6.07, 6.45) is 1.93. The minimum Gasteiger partial charge on any atom is -0.294 e. The van der Waals surface area contributed by atoms with Gasteiger partial charge in [-0.3, -0.25) is 4.79 Å². The van der Waals surface area contributed by atoms with Crippen LogP contribution in [0.1, 0.15) is 10.6 Å². The molecule has 0 aliphatic carbocycles. The molecule has 0 aliphatic heterocycles. The first kappa shape index (κ1) is 6.90. The number of hydrogen-bond acceptors (Lipinski definition) is 3. The number of carbonyl (C=O) groups is 1. The molecular formula is C7H4FN3O. The van der Waals surface area contributed by atoms with E-state index in [0.29, 0.717) is 11.9 Å². The number of aldehydes is 1. The monoisotopic (exact) mass is 165 g/mol. The lowest BCUT2D eigenvalue weighted by Gasteiger charge is -1.88. The number of fused-ring (bicyclic) bond motifs is 1. The molecule has 0 aliphatic rings. The molecule has 2 heterocycles. The maximum atomic E-state index is 12.6. The van der Waals surface area contributed by atoms with Gasteiger partial charge < -0.3 is 0 Å². The van der Waals surface area contributed by atoms with Gasteiger partial charge in [-0.1, -0.05) is 0 Å². The van der Waals surface area contributed by atoms with Crippen molar-refractivity contribution >= 4 is 11.9 Å². The molecule has 0 aromatic carbocycles. The van der Waals surface area contributed by atoms with E-state index in [1.165, 1.54) is 22.8 Å². The summed E-state index contributed by atoms with van der Waals surface area (Å²) in [7, 11) is 0. The zero-order valence-corrected chi connectivity index (χ0v) is 5.94. The number of halogens is 1. The van der Waals surface area contributed by atoms with Crippen LogP contribution in [0.25, 0.3) is 5.65 Å². The Morgan fingerprint density at radius 3 is 3.17 bits per heavy atom. The second-order valence-corrected chi connectivity index (χ2v) is 2.24. The molecule has 0 fully saturated rings. The van der Waals surface area contributed by atoms with Gasteiger partial charge >= 0.3 is 0 Å². The lowest BCUT2D eigenvalue weighted by molar-refractivity contribution is 0.111. The maximum Gasteiger partial charge on any atom is 0.214 e. The highest BCUT2D eigenvalue weighted by Crippen LogP contribution is 2.02. The predicted octanol–water partition coefficient (Wildman–Crippen LogP) is 0.681. The summed E-state index contributed by atoms with van der Waals surface area (Å²) in [5.74, 6) is -0.340. The molecular weight excluding hydrogens is 161 g/mol. The van der Waals surface area contributed by atoms with Crippen molar-refractivity contribution in [1.82, 2.24) is 14.6 Å². The average molecular weight is 165 g/mol. The third kappa shape index (κ3) is 0.952. The summed E-state index contributed by atoms with van der Waals surface area (Å²) in [5.41, 5.74) is 0.331. The van der Waals surface area contributed by atoms with E-state index in [9.17, 15) is 9.18 Å². The van der Waals surface area contributed by atoms with Gasteiger partial charge in [0.1, 0.15) is 5.82 Å². The van der Waals surface area contributed by atoms with E-state index in [0.717, 1.165) is 0 Å². The summed E-state index contributed by atoms with van der Waals surface area (Å²) in [5, 5.41) is 3.74. The van der Waals surface area contributed by atoms with Crippen molar-refractivity contribution in [3.8, 4) is 0 Å². The second-order valence-electron chi connectivity index (χ2n) is 2.24. The molecule has 0 spiro atoms. The number of hydrogen-bond donors (Lipinski definition) is 0. The highest BCUT2D eigenvalue weighted by Gasteiger charge is 2.01. The standard InChI is InChI=1S/C7H4FN3O/c8-5-1-2-11-7(3-5)9-6(4-12)10-11/h1-4H. The van der Waals surface area contributed by atoms with Gasteiger partial charge in [-0.15, -0.1) is 5.10 Å². The van der Waals surface area contributed by atoms with Gasteiger partial charge in [-0.25, -0.2) is 13.9 Å². The second kappa shape index (κ2) is 2.37. The summed E-state index contributed by atoms with van der Waals surface area (Å²) >= 11 is 0. The smallest absolute Gasteiger partial charge is 0.214 e. The van der Waals surface area contributed by atoms with E-state index >= 15 is 0 Å². The topological polar surface area (TPSA) is 47.3 Å². The van der Waals surface area contributed by atoms with Crippen LogP contribution in [0.4, 0.5) is 4.39 Å². The Kier molecular flexibility index (Phi) is 1.36. The van der Waals surface area contributed by atoms with E-state index in [2.05, 4.69) is 10.1 Å². The molecule has 12 heavy (non-hydrogen) atoms. The van der Waals surface area contributed by atoms with Gasteiger partial charge in [0.15, 0.2) is 11.9 Å². The van der Waals surface area contributed by atoms with Crippen LogP contribution in [-0.4, -0.2) is 20.9 Å². The zero-order valence-electron chi connectivity index (χ0n) is 5.94. The van der Waals surface area contributed by atoms with Crippen LogP contribution in [0.15, 0.2) is 18.3 Å². The minimum absolute atomic E-state index is 0.0561. The molecule has 0 atom stereocenters. The molecule has 5 heteroatoms. The van der Waals surface area contributed by atoms with Gasteiger partial charge in [0.2, 0.25) is 5.82 Å². The Hall–Kier alpha value is -1.78. The molecule has 0 amide bonds. The van der Waals surface area contributed by atoms with Crippen LogP contribution in [0.3, 0.4) is 0 Å². The van der Waals surface area contributed by atoms with Gasteiger partial charge in [-0.2, -0.15) is 0 Å². The number of rotatable bonds is 1. The predicted molar refractivity (Wildman–Crippen MR) is 38.3 cm³/mol. The first-order valence-electron chi connectivity index (χ1n) is 3.27.